The molecule has 17 heavy (non-hydrogen) atoms. The molecule has 4 heteroatoms. The first-order valence-electron chi connectivity index (χ1n) is 6.53. The Bertz CT molecular complexity index is 374. The maximum absolute atomic E-state index is 5.79. The predicted molar refractivity (Wildman–Crippen MR) is 65.7 cm³/mol. The smallest absolute Gasteiger partial charge is 0.107 e. The Morgan fingerprint density at radius 2 is 2.47 bits per heavy atom. The van der Waals surface area contributed by atoms with Crippen molar-refractivity contribution in [1.29, 1.82) is 0 Å². The molecule has 2 N–H and O–H groups in total. The topological polar surface area (TPSA) is 49.9 Å². The molecule has 3 rings (SSSR count). The van der Waals surface area contributed by atoms with E-state index in [1.165, 1.54) is 6.42 Å². The van der Waals surface area contributed by atoms with Gasteiger partial charge in [0.05, 0.1) is 6.10 Å². The second-order valence-electron chi connectivity index (χ2n) is 5.78. The molecule has 1 aromatic heterocycles. The molecular formula is C13H21N3O. The van der Waals surface area contributed by atoms with Crippen LogP contribution in [0.2, 0.25) is 0 Å². The van der Waals surface area contributed by atoms with Crippen LogP contribution in [0.25, 0.3) is 0 Å². The molecule has 1 aliphatic heterocycles. The summed E-state index contributed by atoms with van der Waals surface area (Å²) in [5.74, 6) is 1.79. The Morgan fingerprint density at radius 1 is 1.59 bits per heavy atom. The molecule has 3 atom stereocenters. The van der Waals surface area contributed by atoms with Gasteiger partial charge in [0.15, 0.2) is 0 Å². The number of hydrogen-bond acceptors (Lipinski definition) is 3. The minimum Gasteiger partial charge on any atom is -0.377 e. The maximum atomic E-state index is 5.79. The van der Waals surface area contributed by atoms with Crippen LogP contribution in [0.15, 0.2) is 12.4 Å². The van der Waals surface area contributed by atoms with Crippen molar-refractivity contribution in [3.05, 3.63) is 18.2 Å². The Labute approximate surface area is 102 Å². The highest BCUT2D eigenvalue weighted by Crippen LogP contribution is 2.51. The summed E-state index contributed by atoms with van der Waals surface area (Å²) in [6.45, 7) is 6.55. The number of ether oxygens (including phenoxy) is 1. The third-order valence-corrected chi connectivity index (χ3v) is 4.38. The lowest BCUT2D eigenvalue weighted by atomic mass is 9.57. The number of hydrogen-bond donors (Lipinski definition) is 2. The quantitative estimate of drug-likeness (QED) is 0.828. The van der Waals surface area contributed by atoms with Gasteiger partial charge >= 0.3 is 0 Å². The van der Waals surface area contributed by atoms with Crippen molar-refractivity contribution in [3.63, 3.8) is 0 Å². The molecule has 0 amide bonds. The van der Waals surface area contributed by atoms with Crippen molar-refractivity contribution in [1.82, 2.24) is 15.3 Å². The van der Waals surface area contributed by atoms with Gasteiger partial charge in [0.1, 0.15) is 5.82 Å². The fraction of sp³-hybridized carbons (Fsp3) is 0.769. The van der Waals surface area contributed by atoms with E-state index in [0.29, 0.717) is 12.1 Å². The highest BCUT2D eigenvalue weighted by molar-refractivity contribution is 5.11. The van der Waals surface area contributed by atoms with Crippen molar-refractivity contribution < 1.29 is 4.74 Å². The number of nitrogens with zero attached hydrogens (tertiary/aromatic N) is 1. The molecule has 3 unspecified atom stereocenters. The third-order valence-electron chi connectivity index (χ3n) is 4.38. The molecule has 2 fully saturated rings. The molecule has 4 nitrogen and oxygen atoms in total. The summed E-state index contributed by atoms with van der Waals surface area (Å²) in [6.07, 6.45) is 6.35. The predicted octanol–water partition coefficient (Wildman–Crippen LogP) is 1.36. The van der Waals surface area contributed by atoms with E-state index in [1.54, 1.807) is 0 Å². The lowest BCUT2D eigenvalue weighted by Gasteiger charge is -2.55. The zero-order valence-corrected chi connectivity index (χ0v) is 10.6. The van der Waals surface area contributed by atoms with Gasteiger partial charge in [-0.3, -0.25) is 0 Å². The number of aromatic amines is 1. The van der Waals surface area contributed by atoms with Gasteiger partial charge in [0.2, 0.25) is 0 Å². The lowest BCUT2D eigenvalue weighted by Crippen LogP contribution is -2.66. The average Bonchev–Trinajstić information content (AvgIpc) is 2.94. The highest BCUT2D eigenvalue weighted by atomic mass is 16.5. The van der Waals surface area contributed by atoms with Crippen LogP contribution in [0.5, 0.6) is 0 Å². The van der Waals surface area contributed by atoms with Crippen molar-refractivity contribution in [2.24, 2.45) is 11.3 Å². The minimum absolute atomic E-state index is 0.282. The summed E-state index contributed by atoms with van der Waals surface area (Å²) in [5, 5.41) is 3.68. The van der Waals surface area contributed by atoms with Crippen LogP contribution in [-0.2, 0) is 11.2 Å². The van der Waals surface area contributed by atoms with E-state index in [0.717, 1.165) is 31.3 Å². The minimum atomic E-state index is 0.282. The molecular weight excluding hydrogens is 214 g/mol. The molecule has 0 bridgehead atoms. The number of aromatic nitrogens is 2. The first-order chi connectivity index (χ1) is 8.19. The summed E-state index contributed by atoms with van der Waals surface area (Å²) in [5.41, 5.74) is 0.282. The zero-order chi connectivity index (χ0) is 11.9. The summed E-state index contributed by atoms with van der Waals surface area (Å²) in [7, 11) is 0. The zero-order valence-electron chi connectivity index (χ0n) is 10.6. The number of rotatable bonds is 4. The second-order valence-corrected chi connectivity index (χ2v) is 5.78. The fourth-order valence-electron chi connectivity index (χ4n) is 3.52. The van der Waals surface area contributed by atoms with Crippen LogP contribution in [0.4, 0.5) is 0 Å². The standard InChI is InChI=1S/C13H21N3O/c1-13(2)11(9-4-8-17-12(9)13)16-5-3-10-14-6-7-15-10/h6-7,9,11-12,16H,3-5,8H2,1-2H3,(H,14,15). The van der Waals surface area contributed by atoms with Gasteiger partial charge in [-0.1, -0.05) is 13.8 Å². The second kappa shape index (κ2) is 4.10. The van der Waals surface area contributed by atoms with Crippen LogP contribution < -0.4 is 5.32 Å². The summed E-state index contributed by atoms with van der Waals surface area (Å²) < 4.78 is 5.79. The van der Waals surface area contributed by atoms with Crippen molar-refractivity contribution in [3.8, 4) is 0 Å². The number of imidazole rings is 1. The molecule has 0 spiro atoms. The average molecular weight is 235 g/mol. The Hall–Kier alpha value is -0.870. The van der Waals surface area contributed by atoms with Gasteiger partial charge in [-0.05, 0) is 6.42 Å². The lowest BCUT2D eigenvalue weighted by molar-refractivity contribution is -0.112. The van der Waals surface area contributed by atoms with Crippen molar-refractivity contribution >= 4 is 0 Å². The van der Waals surface area contributed by atoms with E-state index in [-0.39, 0.29) is 5.41 Å². The van der Waals surface area contributed by atoms with E-state index in [4.69, 9.17) is 4.74 Å². The van der Waals surface area contributed by atoms with Crippen molar-refractivity contribution in [2.45, 2.75) is 38.8 Å². The molecule has 1 saturated carbocycles. The Morgan fingerprint density at radius 3 is 3.24 bits per heavy atom. The molecule has 0 radical (unpaired) electrons. The van der Waals surface area contributed by atoms with E-state index < -0.39 is 0 Å². The Balaban J connectivity index is 1.52. The van der Waals surface area contributed by atoms with Gasteiger partial charge in [-0.25, -0.2) is 4.98 Å². The normalized spacial score (nSPS) is 34.4. The van der Waals surface area contributed by atoms with Gasteiger partial charge in [-0.15, -0.1) is 0 Å². The van der Waals surface area contributed by atoms with Crippen LogP contribution in [0.1, 0.15) is 26.1 Å². The largest absolute Gasteiger partial charge is 0.377 e. The third kappa shape index (κ3) is 1.79. The maximum Gasteiger partial charge on any atom is 0.107 e. The number of fused-ring (bicyclic) bond motifs is 1. The fourth-order valence-corrected chi connectivity index (χ4v) is 3.52. The molecule has 94 valence electrons. The van der Waals surface area contributed by atoms with E-state index >= 15 is 0 Å². The van der Waals surface area contributed by atoms with Crippen LogP contribution in [0, 0.1) is 11.3 Å². The Kier molecular flexibility index (Phi) is 2.71. The van der Waals surface area contributed by atoms with Crippen molar-refractivity contribution in [2.75, 3.05) is 13.2 Å². The highest BCUT2D eigenvalue weighted by Gasteiger charge is 2.58. The molecule has 1 saturated heterocycles. The molecule has 0 aromatic carbocycles. The number of nitrogens with one attached hydrogen (secondary N) is 2. The molecule has 1 aliphatic carbocycles. The van der Waals surface area contributed by atoms with E-state index in [9.17, 15) is 0 Å². The van der Waals surface area contributed by atoms with Gasteiger partial charge < -0.3 is 15.0 Å². The van der Waals surface area contributed by atoms with Crippen LogP contribution in [0.3, 0.4) is 0 Å². The number of H-pyrrole nitrogens is 1. The molecule has 2 heterocycles. The van der Waals surface area contributed by atoms with Gasteiger partial charge in [0, 0.05) is 49.3 Å². The molecule has 1 aromatic rings. The SMILES string of the molecule is CC1(C)C(NCCc2ncc[nH]2)C2CCOC21. The van der Waals surface area contributed by atoms with Gasteiger partial charge in [0.25, 0.3) is 0 Å². The van der Waals surface area contributed by atoms with E-state index in [1.807, 2.05) is 12.4 Å². The van der Waals surface area contributed by atoms with Crippen LogP contribution >= 0.6 is 0 Å². The first-order valence-corrected chi connectivity index (χ1v) is 6.53. The van der Waals surface area contributed by atoms with Crippen LogP contribution in [-0.4, -0.2) is 35.3 Å². The monoisotopic (exact) mass is 235 g/mol. The molecule has 2 aliphatic rings. The van der Waals surface area contributed by atoms with Gasteiger partial charge in [-0.2, -0.15) is 0 Å². The summed E-state index contributed by atoms with van der Waals surface area (Å²) in [6, 6.07) is 0.602. The first kappa shape index (κ1) is 11.2. The summed E-state index contributed by atoms with van der Waals surface area (Å²) >= 11 is 0. The van der Waals surface area contributed by atoms with E-state index in [2.05, 4.69) is 29.1 Å². The summed E-state index contributed by atoms with van der Waals surface area (Å²) in [4.78, 5) is 7.38.